The summed E-state index contributed by atoms with van der Waals surface area (Å²) >= 11 is 5.95. The second kappa shape index (κ2) is 11.2. The smallest absolute Gasteiger partial charge is 0.424 e. The average molecular weight is 523 g/mol. The van der Waals surface area contributed by atoms with Gasteiger partial charge in [-0.25, -0.2) is 13.2 Å². The number of nitrogens with zero attached hydrogens (tertiary/aromatic N) is 2. The van der Waals surface area contributed by atoms with Gasteiger partial charge in [0.2, 0.25) is 0 Å². The summed E-state index contributed by atoms with van der Waals surface area (Å²) in [7, 11) is -4.31. The normalized spacial score (nSPS) is 12.0. The van der Waals surface area contributed by atoms with Gasteiger partial charge in [-0.2, -0.15) is 4.31 Å². The number of hydrogen-bond donors (Lipinski definition) is 1. The molecule has 1 heterocycles. The molecule has 0 saturated carbocycles. The van der Waals surface area contributed by atoms with Crippen molar-refractivity contribution in [1.82, 2.24) is 9.29 Å². The molecule has 0 aliphatic heterocycles. The lowest BCUT2D eigenvalue weighted by molar-refractivity contribution is 0.118. The molecule has 0 aliphatic carbocycles. The van der Waals surface area contributed by atoms with Crippen LogP contribution in [0.4, 0.5) is 4.79 Å². The first-order valence-electron chi connectivity index (χ1n) is 11.0. The van der Waals surface area contributed by atoms with Gasteiger partial charge in [0.05, 0.1) is 11.4 Å². The van der Waals surface area contributed by atoms with Crippen LogP contribution in [0.25, 0.3) is 0 Å². The maximum atomic E-state index is 13.7. The highest BCUT2D eigenvalue weighted by atomic mass is 35.5. The Labute approximate surface area is 214 Å². The molecule has 9 heteroatoms. The number of benzene rings is 3. The SMILES string of the molecule is O=C(OCc1ccccc1)N(CC(c1ccc(O)cc1)c1cccnc1)S(=O)(=O)c1ccc(Cl)cc1. The number of phenols is 1. The Kier molecular flexibility index (Phi) is 7.87. The van der Waals surface area contributed by atoms with Crippen LogP contribution in [0.15, 0.2) is 108 Å². The van der Waals surface area contributed by atoms with Crippen LogP contribution in [0, 0.1) is 0 Å². The van der Waals surface area contributed by atoms with Crippen molar-refractivity contribution in [2.75, 3.05) is 6.54 Å². The first-order chi connectivity index (χ1) is 17.3. The van der Waals surface area contributed by atoms with Gasteiger partial charge < -0.3 is 9.84 Å². The number of amides is 1. The van der Waals surface area contributed by atoms with E-state index in [4.69, 9.17) is 16.3 Å². The van der Waals surface area contributed by atoms with E-state index >= 15 is 0 Å². The molecule has 3 aromatic carbocycles. The summed E-state index contributed by atoms with van der Waals surface area (Å²) in [5.74, 6) is -0.512. The Morgan fingerprint density at radius 1 is 0.917 bits per heavy atom. The largest absolute Gasteiger partial charge is 0.508 e. The summed E-state index contributed by atoms with van der Waals surface area (Å²) in [6.07, 6.45) is 2.20. The molecule has 0 fully saturated rings. The molecule has 1 atom stereocenters. The minimum atomic E-state index is -4.31. The highest BCUT2D eigenvalue weighted by molar-refractivity contribution is 7.89. The van der Waals surface area contributed by atoms with Crippen molar-refractivity contribution in [3.05, 3.63) is 125 Å². The van der Waals surface area contributed by atoms with Gasteiger partial charge in [0.25, 0.3) is 10.0 Å². The molecule has 7 nitrogen and oxygen atoms in total. The number of hydrogen-bond acceptors (Lipinski definition) is 6. The minimum absolute atomic E-state index is 0.0663. The van der Waals surface area contributed by atoms with Gasteiger partial charge >= 0.3 is 6.09 Å². The molecule has 1 amide bonds. The van der Waals surface area contributed by atoms with Crippen LogP contribution in [0.5, 0.6) is 5.75 Å². The highest BCUT2D eigenvalue weighted by Gasteiger charge is 2.34. The number of sulfonamides is 1. The first-order valence-corrected chi connectivity index (χ1v) is 12.8. The molecule has 1 aromatic heterocycles. The summed E-state index contributed by atoms with van der Waals surface area (Å²) in [4.78, 5) is 17.4. The van der Waals surface area contributed by atoms with E-state index < -0.39 is 22.0 Å². The van der Waals surface area contributed by atoms with Crippen LogP contribution in [0.1, 0.15) is 22.6 Å². The molecule has 4 rings (SSSR count). The molecule has 0 radical (unpaired) electrons. The highest BCUT2D eigenvalue weighted by Crippen LogP contribution is 2.30. The van der Waals surface area contributed by atoms with Crippen LogP contribution in [0.2, 0.25) is 5.02 Å². The molecular weight excluding hydrogens is 500 g/mol. The Morgan fingerprint density at radius 3 is 2.25 bits per heavy atom. The topological polar surface area (TPSA) is 96.8 Å². The van der Waals surface area contributed by atoms with Crippen LogP contribution < -0.4 is 0 Å². The Bertz CT molecular complexity index is 1400. The van der Waals surface area contributed by atoms with Crippen molar-refractivity contribution in [3.63, 3.8) is 0 Å². The van der Waals surface area contributed by atoms with Crippen LogP contribution in [-0.2, 0) is 21.4 Å². The fraction of sp³-hybridized carbons (Fsp3) is 0.111. The van der Waals surface area contributed by atoms with Gasteiger partial charge in [-0.15, -0.1) is 0 Å². The summed E-state index contributed by atoms with van der Waals surface area (Å²) in [6.45, 7) is -0.349. The zero-order valence-corrected chi connectivity index (χ0v) is 20.6. The number of halogens is 1. The zero-order chi connectivity index (χ0) is 25.5. The molecule has 0 saturated heterocycles. The number of phenolic OH excluding ortho intramolecular Hbond substituents is 1. The molecule has 1 unspecified atom stereocenters. The third-order valence-corrected chi connectivity index (χ3v) is 7.54. The predicted molar refractivity (Wildman–Crippen MR) is 136 cm³/mol. The van der Waals surface area contributed by atoms with Gasteiger partial charge in [-0.3, -0.25) is 4.98 Å². The number of carbonyl (C=O) groups is 1. The number of aromatic nitrogens is 1. The average Bonchev–Trinajstić information content (AvgIpc) is 2.90. The van der Waals surface area contributed by atoms with Gasteiger partial charge in [0.1, 0.15) is 12.4 Å². The van der Waals surface area contributed by atoms with Crippen LogP contribution in [0.3, 0.4) is 0 Å². The maximum absolute atomic E-state index is 13.7. The third kappa shape index (κ3) is 6.02. The van der Waals surface area contributed by atoms with Gasteiger partial charge in [0, 0.05) is 23.3 Å². The number of aromatic hydroxyl groups is 1. The summed E-state index contributed by atoms with van der Waals surface area (Å²) < 4.78 is 33.5. The molecule has 0 bridgehead atoms. The number of carbonyl (C=O) groups excluding carboxylic acids is 1. The van der Waals surface area contributed by atoms with Crippen molar-refractivity contribution in [2.24, 2.45) is 0 Å². The van der Waals surface area contributed by atoms with E-state index in [-0.39, 0.29) is 23.8 Å². The summed E-state index contributed by atoms with van der Waals surface area (Å²) in [5.41, 5.74) is 2.10. The molecule has 0 aliphatic rings. The molecule has 0 spiro atoms. The Balaban J connectivity index is 1.73. The third-order valence-electron chi connectivity index (χ3n) is 5.54. The van der Waals surface area contributed by atoms with Crippen LogP contribution >= 0.6 is 11.6 Å². The van der Waals surface area contributed by atoms with E-state index in [1.807, 2.05) is 6.07 Å². The van der Waals surface area contributed by atoms with E-state index in [0.29, 0.717) is 16.1 Å². The lowest BCUT2D eigenvalue weighted by atomic mass is 9.92. The minimum Gasteiger partial charge on any atom is -0.508 e. The Morgan fingerprint density at radius 2 is 1.61 bits per heavy atom. The lowest BCUT2D eigenvalue weighted by Crippen LogP contribution is -2.40. The fourth-order valence-corrected chi connectivity index (χ4v) is 5.11. The maximum Gasteiger partial charge on any atom is 0.424 e. The van der Waals surface area contributed by atoms with Gasteiger partial charge in [0.15, 0.2) is 0 Å². The quantitative estimate of drug-likeness (QED) is 0.323. The number of pyridine rings is 1. The van der Waals surface area contributed by atoms with Crippen molar-refractivity contribution in [2.45, 2.75) is 17.4 Å². The second-order valence-electron chi connectivity index (χ2n) is 7.96. The van der Waals surface area contributed by atoms with E-state index in [2.05, 4.69) is 4.98 Å². The summed E-state index contributed by atoms with van der Waals surface area (Å²) in [6, 6.07) is 24.5. The van der Waals surface area contributed by atoms with Gasteiger partial charge in [-0.05, 0) is 59.2 Å². The molecule has 1 N–H and O–H groups in total. The summed E-state index contributed by atoms with van der Waals surface area (Å²) in [5, 5.41) is 10.1. The Hall–Kier alpha value is -3.88. The predicted octanol–water partition coefficient (Wildman–Crippen LogP) is 5.60. The van der Waals surface area contributed by atoms with E-state index in [9.17, 15) is 18.3 Å². The lowest BCUT2D eigenvalue weighted by Gasteiger charge is -2.27. The van der Waals surface area contributed by atoms with E-state index in [1.165, 1.54) is 36.4 Å². The van der Waals surface area contributed by atoms with E-state index in [0.717, 1.165) is 9.87 Å². The van der Waals surface area contributed by atoms with Gasteiger partial charge in [-0.1, -0.05) is 60.1 Å². The number of ether oxygens (including phenoxy) is 1. The first kappa shape index (κ1) is 25.2. The fourth-order valence-electron chi connectivity index (χ4n) is 3.65. The van der Waals surface area contributed by atoms with E-state index in [1.54, 1.807) is 60.9 Å². The monoisotopic (exact) mass is 522 g/mol. The standard InChI is InChI=1S/C27H23ClN2O5S/c28-23-10-14-25(15-11-23)36(33,34)30(27(32)35-19-20-5-2-1-3-6-20)18-26(22-7-4-16-29-17-22)21-8-12-24(31)13-9-21/h1-17,26,31H,18-19H2. The molecule has 4 aromatic rings. The molecule has 36 heavy (non-hydrogen) atoms. The number of rotatable bonds is 8. The second-order valence-corrected chi connectivity index (χ2v) is 10.3. The van der Waals surface area contributed by atoms with Crippen LogP contribution in [-0.4, -0.2) is 35.5 Å². The zero-order valence-electron chi connectivity index (χ0n) is 19.1. The van der Waals surface area contributed by atoms with Crippen molar-refractivity contribution in [1.29, 1.82) is 0 Å². The van der Waals surface area contributed by atoms with Crippen molar-refractivity contribution < 1.29 is 23.1 Å². The van der Waals surface area contributed by atoms with Crippen molar-refractivity contribution in [3.8, 4) is 5.75 Å². The molecule has 184 valence electrons. The molecular formula is C27H23ClN2O5S. The van der Waals surface area contributed by atoms with Crippen molar-refractivity contribution >= 4 is 27.7 Å².